The van der Waals surface area contributed by atoms with E-state index in [-0.39, 0.29) is 11.8 Å². The van der Waals surface area contributed by atoms with Gasteiger partial charge in [-0.15, -0.1) is 5.10 Å². The molecule has 2 heterocycles. The number of hydrogen-bond acceptors (Lipinski definition) is 5. The van der Waals surface area contributed by atoms with Crippen molar-refractivity contribution < 1.29 is 9.90 Å². The van der Waals surface area contributed by atoms with Crippen molar-refractivity contribution in [3.63, 3.8) is 0 Å². The van der Waals surface area contributed by atoms with Crippen molar-refractivity contribution in [2.75, 3.05) is 13.1 Å². The number of nitrogens with zero attached hydrogens (tertiary/aromatic N) is 5. The number of likely N-dealkylation sites (tertiary alicyclic amines) is 1. The lowest BCUT2D eigenvalue weighted by Crippen LogP contribution is -2.59. The highest BCUT2D eigenvalue weighted by Gasteiger charge is 2.49. The molecule has 3 fully saturated rings. The lowest BCUT2D eigenvalue weighted by atomic mass is 9.70. The van der Waals surface area contributed by atoms with Gasteiger partial charge >= 0.3 is 0 Å². The molecule has 1 N–H and O–H groups in total. The van der Waals surface area contributed by atoms with Crippen LogP contribution in [0.15, 0.2) is 6.33 Å². The lowest BCUT2D eigenvalue weighted by Gasteiger charge is -2.49. The van der Waals surface area contributed by atoms with E-state index in [4.69, 9.17) is 0 Å². The smallest absolute Gasteiger partial charge is 0.250 e. The van der Waals surface area contributed by atoms with E-state index in [9.17, 15) is 9.90 Å². The Morgan fingerprint density at radius 2 is 1.88 bits per heavy atom. The molecule has 7 nitrogen and oxygen atoms in total. The van der Waals surface area contributed by atoms with Crippen molar-refractivity contribution in [2.45, 2.75) is 75.3 Å². The quantitative estimate of drug-likeness (QED) is 0.886. The highest BCUT2D eigenvalue weighted by molar-refractivity contribution is 5.84. The number of hydrogen-bond donors (Lipinski definition) is 1. The highest BCUT2D eigenvalue weighted by Crippen LogP contribution is 2.42. The first-order valence-corrected chi connectivity index (χ1v) is 9.39. The monoisotopic (exact) mass is 333 g/mol. The van der Waals surface area contributed by atoms with Crippen LogP contribution in [0.1, 0.15) is 64.2 Å². The second kappa shape index (κ2) is 6.10. The molecule has 0 aromatic carbocycles. The van der Waals surface area contributed by atoms with Gasteiger partial charge in [-0.05, 0) is 42.5 Å². The number of piperidine rings is 1. The van der Waals surface area contributed by atoms with E-state index in [2.05, 4.69) is 15.5 Å². The minimum atomic E-state index is -0.619. The van der Waals surface area contributed by atoms with Gasteiger partial charge in [0.25, 0.3) is 5.91 Å². The van der Waals surface area contributed by atoms with Crippen LogP contribution in [0.3, 0.4) is 0 Å². The zero-order chi connectivity index (χ0) is 16.6. The van der Waals surface area contributed by atoms with Gasteiger partial charge in [-0.3, -0.25) is 4.79 Å². The number of tetrazole rings is 1. The first-order chi connectivity index (χ1) is 11.6. The first-order valence-electron chi connectivity index (χ1n) is 9.39. The molecule has 2 saturated carbocycles. The van der Waals surface area contributed by atoms with Crippen LogP contribution in [0.4, 0.5) is 0 Å². The molecular formula is C17H27N5O2. The van der Waals surface area contributed by atoms with E-state index in [1.165, 1.54) is 6.42 Å². The number of aliphatic hydroxyl groups is 1. The van der Waals surface area contributed by atoms with Crippen LogP contribution in [0.2, 0.25) is 0 Å². The molecule has 0 bridgehead atoms. The van der Waals surface area contributed by atoms with E-state index in [1.54, 1.807) is 11.0 Å². The number of amides is 1. The van der Waals surface area contributed by atoms with Gasteiger partial charge in [-0.2, -0.15) is 0 Å². The van der Waals surface area contributed by atoms with Crippen LogP contribution < -0.4 is 0 Å². The summed E-state index contributed by atoms with van der Waals surface area (Å²) in [6, 6.07) is 0. The van der Waals surface area contributed by atoms with Crippen molar-refractivity contribution in [3.05, 3.63) is 6.33 Å². The molecule has 7 heteroatoms. The standard InChI is InChI=1S/C17H27N5O2/c23-15(16(7-3-1-4-8-16)22-13-18-19-20-22)21-11-10-17(24)9-5-2-6-14(17)12-21/h13-14,24H,1-12H2. The first kappa shape index (κ1) is 16.0. The van der Waals surface area contributed by atoms with Crippen molar-refractivity contribution in [3.8, 4) is 0 Å². The van der Waals surface area contributed by atoms with Crippen LogP contribution in [0.25, 0.3) is 0 Å². The molecular weight excluding hydrogens is 306 g/mol. The lowest BCUT2D eigenvalue weighted by molar-refractivity contribution is -0.154. The van der Waals surface area contributed by atoms with Gasteiger partial charge in [0.1, 0.15) is 11.9 Å². The molecule has 2 aliphatic carbocycles. The van der Waals surface area contributed by atoms with E-state index < -0.39 is 11.1 Å². The van der Waals surface area contributed by atoms with Crippen molar-refractivity contribution >= 4 is 5.91 Å². The molecule has 24 heavy (non-hydrogen) atoms. The minimum absolute atomic E-state index is 0.155. The Kier molecular flexibility index (Phi) is 4.06. The maximum atomic E-state index is 13.5. The second-order valence-electron chi connectivity index (χ2n) is 7.89. The minimum Gasteiger partial charge on any atom is -0.389 e. The van der Waals surface area contributed by atoms with Gasteiger partial charge in [0.2, 0.25) is 0 Å². The molecule has 4 rings (SSSR count). The van der Waals surface area contributed by atoms with Crippen molar-refractivity contribution in [1.82, 2.24) is 25.1 Å². The van der Waals surface area contributed by atoms with Crippen LogP contribution in [-0.2, 0) is 10.3 Å². The summed E-state index contributed by atoms with van der Waals surface area (Å²) in [5, 5.41) is 22.5. The number of rotatable bonds is 2. The Morgan fingerprint density at radius 1 is 1.08 bits per heavy atom. The predicted octanol–water partition coefficient (Wildman–Crippen LogP) is 1.49. The zero-order valence-electron chi connectivity index (χ0n) is 14.2. The Morgan fingerprint density at radius 3 is 2.62 bits per heavy atom. The summed E-state index contributed by atoms with van der Waals surface area (Å²) in [5.41, 5.74) is -1.17. The predicted molar refractivity (Wildman–Crippen MR) is 87.0 cm³/mol. The van der Waals surface area contributed by atoms with Gasteiger partial charge in [-0.25, -0.2) is 4.68 Å². The summed E-state index contributed by atoms with van der Waals surface area (Å²) < 4.78 is 1.69. The van der Waals surface area contributed by atoms with Crippen LogP contribution in [-0.4, -0.2) is 54.8 Å². The molecule has 0 radical (unpaired) electrons. The number of fused-ring (bicyclic) bond motifs is 1. The summed E-state index contributed by atoms with van der Waals surface area (Å²) in [7, 11) is 0. The largest absolute Gasteiger partial charge is 0.389 e. The summed E-state index contributed by atoms with van der Waals surface area (Å²) >= 11 is 0. The molecule has 1 amide bonds. The molecule has 3 aliphatic rings. The average Bonchev–Trinajstić information content (AvgIpc) is 3.16. The second-order valence-corrected chi connectivity index (χ2v) is 7.89. The topological polar surface area (TPSA) is 84.1 Å². The SMILES string of the molecule is O=C(N1CCC2(O)CCCCC2C1)C1(n2cnnn2)CCCCC1. The number of carbonyl (C=O) groups excluding carboxylic acids is 1. The van der Waals surface area contributed by atoms with Crippen LogP contribution in [0, 0.1) is 5.92 Å². The molecule has 1 aromatic heterocycles. The van der Waals surface area contributed by atoms with E-state index in [0.29, 0.717) is 19.5 Å². The van der Waals surface area contributed by atoms with E-state index >= 15 is 0 Å². The maximum Gasteiger partial charge on any atom is 0.250 e. The molecule has 2 atom stereocenters. The summed E-state index contributed by atoms with van der Waals surface area (Å²) in [4.78, 5) is 15.5. The van der Waals surface area contributed by atoms with Crippen molar-refractivity contribution in [1.29, 1.82) is 0 Å². The summed E-state index contributed by atoms with van der Waals surface area (Å²) in [6.07, 6.45) is 11.3. The van der Waals surface area contributed by atoms with Gasteiger partial charge in [-0.1, -0.05) is 32.1 Å². The molecule has 0 spiro atoms. The van der Waals surface area contributed by atoms with Crippen LogP contribution in [0.5, 0.6) is 0 Å². The highest BCUT2D eigenvalue weighted by atomic mass is 16.3. The van der Waals surface area contributed by atoms with Crippen LogP contribution >= 0.6 is 0 Å². The molecule has 1 aromatic rings. The normalized spacial score (nSPS) is 33.0. The Hall–Kier alpha value is -1.50. The fourth-order valence-electron chi connectivity index (χ4n) is 5.08. The molecule has 1 saturated heterocycles. The maximum absolute atomic E-state index is 13.5. The van der Waals surface area contributed by atoms with Crippen molar-refractivity contribution in [2.24, 2.45) is 5.92 Å². The number of aromatic nitrogens is 4. The Bertz CT molecular complexity index is 584. The molecule has 132 valence electrons. The van der Waals surface area contributed by atoms with E-state index in [1.807, 2.05) is 4.90 Å². The molecule has 2 unspecified atom stereocenters. The third kappa shape index (κ3) is 2.53. The fraction of sp³-hybridized carbons (Fsp3) is 0.882. The number of carbonyl (C=O) groups is 1. The van der Waals surface area contributed by atoms with Gasteiger partial charge in [0, 0.05) is 19.0 Å². The van der Waals surface area contributed by atoms with Gasteiger partial charge in [0.15, 0.2) is 0 Å². The average molecular weight is 333 g/mol. The summed E-state index contributed by atoms with van der Waals surface area (Å²) in [5.74, 6) is 0.376. The van der Waals surface area contributed by atoms with Gasteiger partial charge in [0.05, 0.1) is 5.60 Å². The Labute approximate surface area is 142 Å². The van der Waals surface area contributed by atoms with Gasteiger partial charge < -0.3 is 10.0 Å². The fourth-order valence-corrected chi connectivity index (χ4v) is 5.08. The third-order valence-corrected chi connectivity index (χ3v) is 6.58. The molecule has 1 aliphatic heterocycles. The Balaban J connectivity index is 1.57. The zero-order valence-corrected chi connectivity index (χ0v) is 14.2. The van der Waals surface area contributed by atoms with E-state index in [0.717, 1.165) is 51.4 Å². The summed E-state index contributed by atoms with van der Waals surface area (Å²) in [6.45, 7) is 1.33. The third-order valence-electron chi connectivity index (χ3n) is 6.58.